The second-order valence-electron chi connectivity index (χ2n) is 5.72. The van der Waals surface area contributed by atoms with Crippen molar-refractivity contribution in [1.82, 2.24) is 10.6 Å². The standard InChI is InChI=1S/C13H26N2O2/c1-13(2,3)15-8-7-12(16)14-10-11-6-4-5-9-17-11/h11,15H,4-10H2,1-3H3,(H,14,16). The fourth-order valence-corrected chi connectivity index (χ4v) is 1.84. The van der Waals surface area contributed by atoms with Gasteiger partial charge < -0.3 is 15.4 Å². The molecule has 1 aliphatic rings. The first-order valence-electron chi connectivity index (χ1n) is 6.61. The summed E-state index contributed by atoms with van der Waals surface area (Å²) in [6.45, 7) is 8.52. The molecule has 0 aromatic carbocycles. The third-order valence-electron chi connectivity index (χ3n) is 2.81. The second-order valence-corrected chi connectivity index (χ2v) is 5.72. The maximum atomic E-state index is 11.6. The molecule has 100 valence electrons. The molecule has 1 fully saturated rings. The molecule has 1 heterocycles. The van der Waals surface area contributed by atoms with E-state index >= 15 is 0 Å². The predicted molar refractivity (Wildman–Crippen MR) is 69.0 cm³/mol. The lowest BCUT2D eigenvalue weighted by molar-refractivity contribution is -0.121. The molecule has 1 atom stereocenters. The molecule has 1 unspecified atom stereocenters. The molecule has 0 spiro atoms. The Bertz CT molecular complexity index is 230. The topological polar surface area (TPSA) is 50.4 Å². The van der Waals surface area contributed by atoms with Crippen LogP contribution in [0.25, 0.3) is 0 Å². The molecule has 0 radical (unpaired) electrons. The van der Waals surface area contributed by atoms with Gasteiger partial charge in [0, 0.05) is 31.7 Å². The molecular formula is C13H26N2O2. The minimum absolute atomic E-state index is 0.0762. The van der Waals surface area contributed by atoms with Crippen molar-refractivity contribution in [2.24, 2.45) is 0 Å². The van der Waals surface area contributed by atoms with Gasteiger partial charge in [-0.1, -0.05) is 0 Å². The van der Waals surface area contributed by atoms with Crippen molar-refractivity contribution in [3.05, 3.63) is 0 Å². The number of nitrogens with one attached hydrogen (secondary N) is 2. The number of hydrogen-bond acceptors (Lipinski definition) is 3. The van der Waals surface area contributed by atoms with Crippen molar-refractivity contribution in [3.8, 4) is 0 Å². The van der Waals surface area contributed by atoms with Crippen LogP contribution in [0, 0.1) is 0 Å². The smallest absolute Gasteiger partial charge is 0.221 e. The van der Waals surface area contributed by atoms with Crippen LogP contribution in [0.1, 0.15) is 46.5 Å². The highest BCUT2D eigenvalue weighted by atomic mass is 16.5. The Balaban J connectivity index is 2.04. The third-order valence-corrected chi connectivity index (χ3v) is 2.81. The maximum Gasteiger partial charge on any atom is 0.221 e. The Morgan fingerprint density at radius 3 is 2.71 bits per heavy atom. The Kier molecular flexibility index (Phi) is 5.92. The molecule has 0 aromatic rings. The summed E-state index contributed by atoms with van der Waals surface area (Å²) in [5, 5.41) is 6.23. The Labute approximate surface area is 104 Å². The van der Waals surface area contributed by atoms with Gasteiger partial charge in [-0.05, 0) is 40.0 Å². The highest BCUT2D eigenvalue weighted by Crippen LogP contribution is 2.11. The van der Waals surface area contributed by atoms with Crippen LogP contribution in [0.3, 0.4) is 0 Å². The van der Waals surface area contributed by atoms with E-state index in [1.807, 2.05) is 0 Å². The largest absolute Gasteiger partial charge is 0.376 e. The summed E-state index contributed by atoms with van der Waals surface area (Å²) in [4.78, 5) is 11.6. The SMILES string of the molecule is CC(C)(C)NCCC(=O)NCC1CCCCO1. The van der Waals surface area contributed by atoms with Gasteiger partial charge in [-0.25, -0.2) is 0 Å². The van der Waals surface area contributed by atoms with Crippen molar-refractivity contribution < 1.29 is 9.53 Å². The lowest BCUT2D eigenvalue weighted by atomic mass is 10.1. The number of hydrogen-bond donors (Lipinski definition) is 2. The fraction of sp³-hybridized carbons (Fsp3) is 0.923. The summed E-state index contributed by atoms with van der Waals surface area (Å²) >= 11 is 0. The van der Waals surface area contributed by atoms with Gasteiger partial charge in [0.2, 0.25) is 5.91 Å². The van der Waals surface area contributed by atoms with Gasteiger partial charge in [0.05, 0.1) is 6.10 Å². The van der Waals surface area contributed by atoms with Crippen LogP contribution in [0.4, 0.5) is 0 Å². The minimum Gasteiger partial charge on any atom is -0.376 e. The Morgan fingerprint density at radius 2 is 2.12 bits per heavy atom. The summed E-state index contributed by atoms with van der Waals surface area (Å²) in [6, 6.07) is 0. The molecule has 0 aliphatic carbocycles. The molecule has 17 heavy (non-hydrogen) atoms. The van der Waals surface area contributed by atoms with Crippen molar-refractivity contribution in [3.63, 3.8) is 0 Å². The van der Waals surface area contributed by atoms with Crippen LogP contribution in [0.15, 0.2) is 0 Å². The van der Waals surface area contributed by atoms with E-state index in [9.17, 15) is 4.79 Å². The summed E-state index contributed by atoms with van der Waals surface area (Å²) in [7, 11) is 0. The van der Waals surface area contributed by atoms with Crippen molar-refractivity contribution in [2.75, 3.05) is 19.7 Å². The van der Waals surface area contributed by atoms with Crippen molar-refractivity contribution in [1.29, 1.82) is 0 Å². The normalized spacial score (nSPS) is 21.2. The van der Waals surface area contributed by atoms with Crippen LogP contribution < -0.4 is 10.6 Å². The van der Waals surface area contributed by atoms with E-state index in [0.29, 0.717) is 13.0 Å². The van der Waals surface area contributed by atoms with Crippen LogP contribution in [0.5, 0.6) is 0 Å². The highest BCUT2D eigenvalue weighted by molar-refractivity contribution is 5.76. The molecule has 0 saturated carbocycles. The first-order valence-corrected chi connectivity index (χ1v) is 6.61. The van der Waals surface area contributed by atoms with Crippen LogP contribution in [-0.2, 0) is 9.53 Å². The zero-order valence-electron chi connectivity index (χ0n) is 11.3. The van der Waals surface area contributed by atoms with E-state index in [1.165, 1.54) is 6.42 Å². The number of ether oxygens (including phenoxy) is 1. The highest BCUT2D eigenvalue weighted by Gasteiger charge is 2.15. The van der Waals surface area contributed by atoms with E-state index in [-0.39, 0.29) is 17.6 Å². The molecule has 1 aliphatic heterocycles. The van der Waals surface area contributed by atoms with Gasteiger partial charge in [-0.2, -0.15) is 0 Å². The van der Waals surface area contributed by atoms with E-state index < -0.39 is 0 Å². The zero-order valence-corrected chi connectivity index (χ0v) is 11.3. The minimum atomic E-state index is 0.0762. The van der Waals surface area contributed by atoms with Gasteiger partial charge in [0.1, 0.15) is 0 Å². The van der Waals surface area contributed by atoms with E-state index in [0.717, 1.165) is 26.0 Å². The number of carbonyl (C=O) groups is 1. The molecular weight excluding hydrogens is 216 g/mol. The second kappa shape index (κ2) is 6.97. The molecule has 0 aromatic heterocycles. The lowest BCUT2D eigenvalue weighted by Crippen LogP contribution is -2.40. The van der Waals surface area contributed by atoms with E-state index in [1.54, 1.807) is 0 Å². The van der Waals surface area contributed by atoms with E-state index in [4.69, 9.17) is 4.74 Å². The Hall–Kier alpha value is -0.610. The molecule has 0 bridgehead atoms. The average Bonchev–Trinajstić information content (AvgIpc) is 2.26. The van der Waals surface area contributed by atoms with Crippen LogP contribution >= 0.6 is 0 Å². The quantitative estimate of drug-likeness (QED) is 0.767. The van der Waals surface area contributed by atoms with Crippen molar-refractivity contribution >= 4 is 5.91 Å². The number of amides is 1. The molecule has 1 rings (SSSR count). The molecule has 1 saturated heterocycles. The lowest BCUT2D eigenvalue weighted by Gasteiger charge is -2.23. The molecule has 4 heteroatoms. The first kappa shape index (κ1) is 14.5. The maximum absolute atomic E-state index is 11.6. The van der Waals surface area contributed by atoms with E-state index in [2.05, 4.69) is 31.4 Å². The third kappa shape index (κ3) is 7.34. The van der Waals surface area contributed by atoms with Gasteiger partial charge in [0.25, 0.3) is 0 Å². The van der Waals surface area contributed by atoms with Gasteiger partial charge >= 0.3 is 0 Å². The van der Waals surface area contributed by atoms with Crippen LogP contribution in [-0.4, -0.2) is 37.2 Å². The molecule has 4 nitrogen and oxygen atoms in total. The zero-order chi connectivity index (χ0) is 12.7. The number of rotatable bonds is 5. The average molecular weight is 242 g/mol. The predicted octanol–water partition coefficient (Wildman–Crippen LogP) is 1.45. The molecule has 2 N–H and O–H groups in total. The summed E-state index contributed by atoms with van der Waals surface area (Å²) in [5.74, 6) is 0.107. The van der Waals surface area contributed by atoms with Gasteiger partial charge in [-0.3, -0.25) is 4.79 Å². The fourth-order valence-electron chi connectivity index (χ4n) is 1.84. The Morgan fingerprint density at radius 1 is 1.35 bits per heavy atom. The first-order chi connectivity index (χ1) is 7.97. The summed E-state index contributed by atoms with van der Waals surface area (Å²) in [6.07, 6.45) is 4.19. The van der Waals surface area contributed by atoms with Gasteiger partial charge in [-0.15, -0.1) is 0 Å². The summed E-state index contributed by atoms with van der Waals surface area (Å²) < 4.78 is 5.56. The van der Waals surface area contributed by atoms with Crippen LogP contribution in [0.2, 0.25) is 0 Å². The van der Waals surface area contributed by atoms with Gasteiger partial charge in [0.15, 0.2) is 0 Å². The molecule has 1 amide bonds. The summed E-state index contributed by atoms with van der Waals surface area (Å²) in [5.41, 5.74) is 0.0762. The van der Waals surface area contributed by atoms with Crippen molar-refractivity contribution in [2.45, 2.75) is 58.1 Å². The number of carbonyl (C=O) groups excluding carboxylic acids is 1. The monoisotopic (exact) mass is 242 g/mol.